The summed E-state index contributed by atoms with van der Waals surface area (Å²) in [5.41, 5.74) is 1.74. The van der Waals surface area contributed by atoms with E-state index in [-0.39, 0.29) is 23.3 Å². The Labute approximate surface area is 164 Å². The minimum absolute atomic E-state index is 0.115. The molecule has 1 aromatic heterocycles. The van der Waals surface area contributed by atoms with Gasteiger partial charge < -0.3 is 10.6 Å². The smallest absolute Gasteiger partial charge is 0.273 e. The van der Waals surface area contributed by atoms with Gasteiger partial charge in [-0.05, 0) is 35.7 Å². The molecule has 1 heterocycles. The molecule has 144 valence electrons. The fourth-order valence-electron chi connectivity index (χ4n) is 3.08. The molecule has 0 aliphatic heterocycles. The maximum atomic E-state index is 12.9. The Balaban J connectivity index is 1.82. The number of nitrogens with zero attached hydrogens (tertiary/aromatic N) is 2. The van der Waals surface area contributed by atoms with Crippen LogP contribution >= 0.6 is 0 Å². The highest BCUT2D eigenvalue weighted by atomic mass is 16.2. The van der Waals surface area contributed by atoms with Gasteiger partial charge in [0.05, 0.1) is 0 Å². The lowest BCUT2D eigenvalue weighted by atomic mass is 10.00. The zero-order chi connectivity index (χ0) is 19.9. The first-order valence-electron chi connectivity index (χ1n) is 9.50. The average Bonchev–Trinajstić information content (AvgIpc) is 2.72. The lowest BCUT2D eigenvalue weighted by Crippen LogP contribution is -2.27. The molecule has 0 unspecified atom stereocenters. The minimum Gasteiger partial charge on any atom is -0.351 e. The number of aromatic nitrogens is 2. The van der Waals surface area contributed by atoms with E-state index in [1.54, 1.807) is 6.07 Å². The van der Waals surface area contributed by atoms with Crippen LogP contribution in [0.2, 0.25) is 0 Å². The molecule has 0 saturated carbocycles. The van der Waals surface area contributed by atoms with Crippen molar-refractivity contribution in [1.29, 1.82) is 0 Å². The van der Waals surface area contributed by atoms with Crippen LogP contribution in [0.3, 0.4) is 0 Å². The number of fused-ring (bicyclic) bond motifs is 1. The second-order valence-corrected chi connectivity index (χ2v) is 6.65. The summed E-state index contributed by atoms with van der Waals surface area (Å²) in [6, 6.07) is 11.4. The molecule has 3 aromatic rings. The lowest BCUT2D eigenvalue weighted by molar-refractivity contribution is 0.0948. The number of carbonyl (C=O) groups excluding carboxylic acids is 2. The largest absolute Gasteiger partial charge is 0.351 e. The molecule has 0 radical (unpaired) electrons. The van der Waals surface area contributed by atoms with Crippen LogP contribution in [0.1, 0.15) is 52.6 Å². The Morgan fingerprint density at radius 2 is 1.68 bits per heavy atom. The molecule has 6 heteroatoms. The van der Waals surface area contributed by atoms with Gasteiger partial charge in [0.15, 0.2) is 11.5 Å². The van der Waals surface area contributed by atoms with Gasteiger partial charge in [-0.2, -0.15) is 0 Å². The number of benzene rings is 2. The number of anilines is 1. The van der Waals surface area contributed by atoms with Crippen molar-refractivity contribution >= 4 is 28.4 Å². The predicted molar refractivity (Wildman–Crippen MR) is 111 cm³/mol. The van der Waals surface area contributed by atoms with Gasteiger partial charge >= 0.3 is 0 Å². The summed E-state index contributed by atoms with van der Waals surface area (Å²) in [6.07, 6.45) is 5.92. The van der Waals surface area contributed by atoms with Gasteiger partial charge in [-0.1, -0.05) is 50.1 Å². The summed E-state index contributed by atoms with van der Waals surface area (Å²) < 4.78 is 0. The van der Waals surface area contributed by atoms with Gasteiger partial charge in [0.25, 0.3) is 11.8 Å². The number of nitrogens with one attached hydrogen (secondary N) is 2. The van der Waals surface area contributed by atoms with Crippen LogP contribution in [0.4, 0.5) is 5.82 Å². The summed E-state index contributed by atoms with van der Waals surface area (Å²) >= 11 is 0. The van der Waals surface area contributed by atoms with Crippen molar-refractivity contribution in [3.63, 3.8) is 0 Å². The maximum Gasteiger partial charge on any atom is 0.273 e. The fourth-order valence-corrected chi connectivity index (χ4v) is 3.08. The first-order chi connectivity index (χ1) is 13.6. The molecule has 0 spiro atoms. The molecule has 0 atom stereocenters. The molecule has 2 amide bonds. The van der Waals surface area contributed by atoms with E-state index in [0.29, 0.717) is 12.1 Å². The summed E-state index contributed by atoms with van der Waals surface area (Å²) in [5, 5.41) is 7.45. The van der Waals surface area contributed by atoms with Crippen LogP contribution in [-0.2, 0) is 0 Å². The van der Waals surface area contributed by atoms with E-state index in [0.717, 1.165) is 35.6 Å². The van der Waals surface area contributed by atoms with Gasteiger partial charge in [-0.3, -0.25) is 9.59 Å². The van der Waals surface area contributed by atoms with E-state index in [2.05, 4.69) is 27.5 Å². The number of hydrogen-bond donors (Lipinski definition) is 2. The SMILES string of the molecule is CCCCCNC(=O)c1nccnc1NC(=O)c1ccc(C)c2ccccc12. The third kappa shape index (κ3) is 4.34. The molecular weight excluding hydrogens is 352 g/mol. The van der Waals surface area contributed by atoms with Gasteiger partial charge in [-0.15, -0.1) is 0 Å². The lowest BCUT2D eigenvalue weighted by Gasteiger charge is -2.11. The molecule has 0 fully saturated rings. The molecule has 2 aromatic carbocycles. The number of amides is 2. The second kappa shape index (κ2) is 9.08. The normalized spacial score (nSPS) is 10.6. The Hall–Kier alpha value is -3.28. The third-order valence-corrected chi connectivity index (χ3v) is 4.60. The zero-order valence-electron chi connectivity index (χ0n) is 16.2. The van der Waals surface area contributed by atoms with Gasteiger partial charge in [0, 0.05) is 24.5 Å². The van der Waals surface area contributed by atoms with E-state index in [1.807, 2.05) is 37.3 Å². The number of unbranched alkanes of at least 4 members (excludes halogenated alkanes) is 2. The predicted octanol–water partition coefficient (Wildman–Crippen LogP) is 4.11. The summed E-state index contributed by atoms with van der Waals surface area (Å²) in [5.74, 6) is -0.504. The number of aryl methyl sites for hydroxylation is 1. The van der Waals surface area contributed by atoms with Crippen molar-refractivity contribution in [2.75, 3.05) is 11.9 Å². The molecule has 0 saturated heterocycles. The van der Waals surface area contributed by atoms with E-state index >= 15 is 0 Å². The van der Waals surface area contributed by atoms with Crippen LogP contribution in [0, 0.1) is 6.92 Å². The van der Waals surface area contributed by atoms with Crippen LogP contribution < -0.4 is 10.6 Å². The number of rotatable bonds is 7. The maximum absolute atomic E-state index is 12.9. The molecule has 0 aliphatic rings. The monoisotopic (exact) mass is 376 g/mol. The van der Waals surface area contributed by atoms with Crippen molar-refractivity contribution < 1.29 is 9.59 Å². The fraction of sp³-hybridized carbons (Fsp3) is 0.273. The zero-order valence-corrected chi connectivity index (χ0v) is 16.2. The van der Waals surface area contributed by atoms with Crippen LogP contribution in [0.5, 0.6) is 0 Å². The molecule has 6 nitrogen and oxygen atoms in total. The van der Waals surface area contributed by atoms with Crippen LogP contribution in [-0.4, -0.2) is 28.3 Å². The minimum atomic E-state index is -0.340. The highest BCUT2D eigenvalue weighted by Crippen LogP contribution is 2.23. The Morgan fingerprint density at radius 1 is 0.929 bits per heavy atom. The molecule has 0 aliphatic carbocycles. The Morgan fingerprint density at radius 3 is 2.46 bits per heavy atom. The highest BCUT2D eigenvalue weighted by molar-refractivity contribution is 6.14. The van der Waals surface area contributed by atoms with Crippen molar-refractivity contribution in [2.24, 2.45) is 0 Å². The van der Waals surface area contributed by atoms with Gasteiger partial charge in [0.1, 0.15) is 0 Å². The third-order valence-electron chi connectivity index (χ3n) is 4.60. The Bertz CT molecular complexity index is 1000. The average molecular weight is 376 g/mol. The summed E-state index contributed by atoms with van der Waals surface area (Å²) in [6.45, 7) is 4.68. The van der Waals surface area contributed by atoms with Gasteiger partial charge in [-0.25, -0.2) is 9.97 Å². The quantitative estimate of drug-likeness (QED) is 0.608. The summed E-state index contributed by atoms with van der Waals surface area (Å²) in [4.78, 5) is 33.6. The molecule has 3 rings (SSSR count). The van der Waals surface area contributed by atoms with E-state index in [9.17, 15) is 9.59 Å². The van der Waals surface area contributed by atoms with Crippen LogP contribution in [0.25, 0.3) is 10.8 Å². The topological polar surface area (TPSA) is 84.0 Å². The number of hydrogen-bond acceptors (Lipinski definition) is 4. The summed E-state index contributed by atoms with van der Waals surface area (Å²) in [7, 11) is 0. The van der Waals surface area contributed by atoms with Crippen molar-refractivity contribution in [2.45, 2.75) is 33.1 Å². The first-order valence-corrected chi connectivity index (χ1v) is 9.50. The Kier molecular flexibility index (Phi) is 6.32. The molecular formula is C22H24N4O2. The van der Waals surface area contributed by atoms with Crippen molar-refractivity contribution in [3.8, 4) is 0 Å². The second-order valence-electron chi connectivity index (χ2n) is 6.65. The van der Waals surface area contributed by atoms with E-state index in [4.69, 9.17) is 0 Å². The van der Waals surface area contributed by atoms with Crippen molar-refractivity contribution in [1.82, 2.24) is 15.3 Å². The molecule has 2 N–H and O–H groups in total. The van der Waals surface area contributed by atoms with Crippen molar-refractivity contribution in [3.05, 3.63) is 65.6 Å². The standard InChI is InChI=1S/C22H24N4O2/c1-3-4-7-12-25-22(28)19-20(24-14-13-23-19)26-21(27)18-11-10-15(2)16-8-5-6-9-17(16)18/h5-6,8-11,13-14H,3-4,7,12H2,1-2H3,(H,25,28)(H,24,26,27). The first kappa shape index (κ1) is 19.5. The van der Waals surface area contributed by atoms with E-state index < -0.39 is 0 Å². The molecule has 28 heavy (non-hydrogen) atoms. The molecule has 0 bridgehead atoms. The van der Waals surface area contributed by atoms with E-state index in [1.165, 1.54) is 12.4 Å². The highest BCUT2D eigenvalue weighted by Gasteiger charge is 2.18. The number of carbonyl (C=O) groups is 2. The van der Waals surface area contributed by atoms with Gasteiger partial charge in [0.2, 0.25) is 0 Å². The van der Waals surface area contributed by atoms with Crippen LogP contribution in [0.15, 0.2) is 48.8 Å².